The Morgan fingerprint density at radius 3 is 2.29 bits per heavy atom. The number of hydrogen-bond acceptors (Lipinski definition) is 2. The smallest absolute Gasteiger partial charge is 0.271 e. The summed E-state index contributed by atoms with van der Waals surface area (Å²) in [5.41, 5.74) is 7.43. The van der Waals surface area contributed by atoms with E-state index in [9.17, 15) is 4.79 Å². The highest BCUT2D eigenvalue weighted by Crippen LogP contribution is 2.16. The Balaban J connectivity index is 1.69. The minimum Gasteiger partial charge on any atom is -0.357 e. The maximum Gasteiger partial charge on any atom is 0.271 e. The highest BCUT2D eigenvalue weighted by molar-refractivity contribution is 5.95. The number of hydrazone groups is 1. The van der Waals surface area contributed by atoms with Crippen molar-refractivity contribution in [2.75, 3.05) is 0 Å². The SMILES string of the molecule is Cc1ccc(C)n1-c1ccc(C(=O)N/N=C\c2ccn(C)c2)cc1. The first-order chi connectivity index (χ1) is 11.5. The Bertz CT molecular complexity index is 865. The molecular weight excluding hydrogens is 300 g/mol. The molecule has 0 radical (unpaired) electrons. The average molecular weight is 320 g/mol. The third-order valence-corrected chi connectivity index (χ3v) is 3.89. The largest absolute Gasteiger partial charge is 0.357 e. The molecule has 2 aromatic heterocycles. The molecule has 2 heterocycles. The molecule has 5 nitrogen and oxygen atoms in total. The molecule has 0 saturated carbocycles. The first kappa shape index (κ1) is 15.8. The highest BCUT2D eigenvalue weighted by Gasteiger charge is 2.07. The first-order valence-corrected chi connectivity index (χ1v) is 7.75. The third-order valence-electron chi connectivity index (χ3n) is 3.89. The summed E-state index contributed by atoms with van der Waals surface area (Å²) in [4.78, 5) is 12.1. The zero-order chi connectivity index (χ0) is 17.1. The molecule has 1 aromatic carbocycles. The van der Waals surface area contributed by atoms with E-state index in [0.717, 1.165) is 22.6 Å². The predicted molar refractivity (Wildman–Crippen MR) is 95.7 cm³/mol. The van der Waals surface area contributed by atoms with Crippen LogP contribution in [0, 0.1) is 13.8 Å². The fourth-order valence-corrected chi connectivity index (χ4v) is 2.67. The summed E-state index contributed by atoms with van der Waals surface area (Å²) >= 11 is 0. The quantitative estimate of drug-likeness (QED) is 0.582. The van der Waals surface area contributed by atoms with Crippen LogP contribution >= 0.6 is 0 Å². The molecule has 0 bridgehead atoms. The number of nitrogens with zero attached hydrogens (tertiary/aromatic N) is 3. The van der Waals surface area contributed by atoms with E-state index in [1.165, 1.54) is 0 Å². The highest BCUT2D eigenvalue weighted by atomic mass is 16.2. The number of aryl methyl sites for hydroxylation is 3. The number of carbonyl (C=O) groups is 1. The Kier molecular flexibility index (Phi) is 4.33. The molecule has 3 aromatic rings. The number of aromatic nitrogens is 2. The number of benzene rings is 1. The van der Waals surface area contributed by atoms with Crippen LogP contribution in [0.25, 0.3) is 5.69 Å². The van der Waals surface area contributed by atoms with Crippen molar-refractivity contribution in [1.29, 1.82) is 0 Å². The summed E-state index contributed by atoms with van der Waals surface area (Å²) in [6, 6.07) is 13.6. The van der Waals surface area contributed by atoms with E-state index in [1.54, 1.807) is 6.21 Å². The lowest BCUT2D eigenvalue weighted by atomic mass is 10.2. The summed E-state index contributed by atoms with van der Waals surface area (Å²) < 4.78 is 4.07. The van der Waals surface area contributed by atoms with Crippen LogP contribution in [0.1, 0.15) is 27.3 Å². The average Bonchev–Trinajstić information content (AvgIpc) is 3.13. The van der Waals surface area contributed by atoms with Crippen molar-refractivity contribution >= 4 is 12.1 Å². The van der Waals surface area contributed by atoms with Crippen LogP contribution in [0.2, 0.25) is 0 Å². The van der Waals surface area contributed by atoms with Crippen molar-refractivity contribution in [3.05, 3.63) is 77.4 Å². The van der Waals surface area contributed by atoms with Gasteiger partial charge in [-0.15, -0.1) is 0 Å². The molecule has 0 saturated heterocycles. The second-order valence-electron chi connectivity index (χ2n) is 5.81. The summed E-state index contributed by atoms with van der Waals surface area (Å²) in [7, 11) is 1.94. The maximum absolute atomic E-state index is 12.1. The lowest BCUT2D eigenvalue weighted by Gasteiger charge is -2.09. The van der Waals surface area contributed by atoms with Crippen LogP contribution in [0.4, 0.5) is 0 Å². The zero-order valence-corrected chi connectivity index (χ0v) is 14.0. The first-order valence-electron chi connectivity index (χ1n) is 7.75. The van der Waals surface area contributed by atoms with Crippen LogP contribution in [0.15, 0.2) is 60.0 Å². The summed E-state index contributed by atoms with van der Waals surface area (Å²) in [5.74, 6) is -0.227. The molecule has 0 spiro atoms. The van der Waals surface area contributed by atoms with Gasteiger partial charge in [-0.05, 0) is 56.3 Å². The van der Waals surface area contributed by atoms with Crippen molar-refractivity contribution in [2.24, 2.45) is 12.1 Å². The van der Waals surface area contributed by atoms with Crippen molar-refractivity contribution in [2.45, 2.75) is 13.8 Å². The Morgan fingerprint density at radius 2 is 1.71 bits per heavy atom. The monoisotopic (exact) mass is 320 g/mol. The van der Waals surface area contributed by atoms with Crippen molar-refractivity contribution in [1.82, 2.24) is 14.6 Å². The second kappa shape index (κ2) is 6.58. The number of amides is 1. The summed E-state index contributed by atoms with van der Waals surface area (Å²) in [6.45, 7) is 4.12. The van der Waals surface area contributed by atoms with E-state index in [4.69, 9.17) is 0 Å². The van der Waals surface area contributed by atoms with E-state index >= 15 is 0 Å². The fraction of sp³-hybridized carbons (Fsp3) is 0.158. The van der Waals surface area contributed by atoms with Gasteiger partial charge in [0.1, 0.15) is 0 Å². The molecule has 0 unspecified atom stereocenters. The van der Waals surface area contributed by atoms with Crippen molar-refractivity contribution in [3.63, 3.8) is 0 Å². The van der Waals surface area contributed by atoms with Gasteiger partial charge in [0.15, 0.2) is 0 Å². The normalized spacial score (nSPS) is 11.1. The van der Waals surface area contributed by atoms with Gasteiger partial charge in [-0.3, -0.25) is 4.79 Å². The third kappa shape index (κ3) is 3.30. The molecule has 0 fully saturated rings. The van der Waals surface area contributed by atoms with E-state index < -0.39 is 0 Å². The molecule has 5 heteroatoms. The molecular formula is C19H20N4O. The van der Waals surface area contributed by atoms with Gasteiger partial charge in [0.05, 0.1) is 6.21 Å². The van der Waals surface area contributed by atoms with E-state index in [-0.39, 0.29) is 5.91 Å². The standard InChI is InChI=1S/C19H20N4O/c1-14-4-5-15(2)23(14)18-8-6-17(7-9-18)19(24)21-20-12-16-10-11-22(3)13-16/h4-13H,1-3H3,(H,21,24)/b20-12-. The van der Waals surface area contributed by atoms with Gasteiger partial charge in [0.25, 0.3) is 5.91 Å². The topological polar surface area (TPSA) is 51.3 Å². The van der Waals surface area contributed by atoms with Gasteiger partial charge >= 0.3 is 0 Å². The van der Waals surface area contributed by atoms with Gasteiger partial charge < -0.3 is 9.13 Å². The van der Waals surface area contributed by atoms with Gasteiger partial charge in [-0.2, -0.15) is 5.10 Å². The number of rotatable bonds is 4. The summed E-state index contributed by atoms with van der Waals surface area (Å²) in [5, 5.41) is 3.99. The number of carbonyl (C=O) groups excluding carboxylic acids is 1. The van der Waals surface area contributed by atoms with Crippen molar-refractivity contribution in [3.8, 4) is 5.69 Å². The van der Waals surface area contributed by atoms with Crippen LogP contribution in [-0.4, -0.2) is 21.3 Å². The molecule has 122 valence electrons. The van der Waals surface area contributed by atoms with Crippen LogP contribution in [-0.2, 0) is 7.05 Å². The Labute approximate surface area is 141 Å². The second-order valence-corrected chi connectivity index (χ2v) is 5.81. The molecule has 0 atom stereocenters. The lowest BCUT2D eigenvalue weighted by molar-refractivity contribution is 0.0955. The maximum atomic E-state index is 12.1. The zero-order valence-electron chi connectivity index (χ0n) is 14.0. The molecule has 3 rings (SSSR count). The predicted octanol–water partition coefficient (Wildman–Crippen LogP) is 3.20. The molecule has 1 amide bonds. The van der Waals surface area contributed by atoms with Crippen LogP contribution in [0.3, 0.4) is 0 Å². The lowest BCUT2D eigenvalue weighted by Crippen LogP contribution is -2.17. The van der Waals surface area contributed by atoms with Crippen LogP contribution < -0.4 is 5.43 Å². The Hall–Kier alpha value is -3.08. The molecule has 0 aliphatic carbocycles. The van der Waals surface area contributed by atoms with Crippen molar-refractivity contribution < 1.29 is 4.79 Å². The van der Waals surface area contributed by atoms with Gasteiger partial charge in [-0.25, -0.2) is 5.43 Å². The van der Waals surface area contributed by atoms with Gasteiger partial charge in [-0.1, -0.05) is 0 Å². The minimum atomic E-state index is -0.227. The van der Waals surface area contributed by atoms with Crippen LogP contribution in [0.5, 0.6) is 0 Å². The molecule has 0 aliphatic heterocycles. The minimum absolute atomic E-state index is 0.227. The van der Waals surface area contributed by atoms with Gasteiger partial charge in [0, 0.05) is 47.6 Å². The summed E-state index contributed by atoms with van der Waals surface area (Å²) in [6.07, 6.45) is 5.47. The molecule has 24 heavy (non-hydrogen) atoms. The number of hydrogen-bond donors (Lipinski definition) is 1. The van der Waals surface area contributed by atoms with E-state index in [1.807, 2.05) is 54.3 Å². The van der Waals surface area contributed by atoms with E-state index in [2.05, 4.69) is 41.1 Å². The molecule has 1 N–H and O–H groups in total. The Morgan fingerprint density at radius 1 is 1.04 bits per heavy atom. The fourth-order valence-electron chi connectivity index (χ4n) is 2.67. The van der Waals surface area contributed by atoms with E-state index in [0.29, 0.717) is 5.56 Å². The molecule has 0 aliphatic rings. The number of nitrogens with one attached hydrogen (secondary N) is 1. The van der Waals surface area contributed by atoms with Gasteiger partial charge in [0.2, 0.25) is 0 Å².